The molecule has 3 rings (SSSR count). The fourth-order valence-electron chi connectivity index (χ4n) is 1.93. The average molecular weight is 376 g/mol. The molecule has 0 amide bonds. The summed E-state index contributed by atoms with van der Waals surface area (Å²) in [5.41, 5.74) is 1.12. The number of rotatable bonds is 5. The third-order valence-electron chi connectivity index (χ3n) is 3.04. The van der Waals surface area contributed by atoms with Gasteiger partial charge in [-0.15, -0.1) is 10.2 Å². The Bertz CT molecular complexity index is 941. The van der Waals surface area contributed by atoms with Gasteiger partial charge in [0.15, 0.2) is 0 Å². The normalized spacial score (nSPS) is 11.5. The maximum Gasteiger partial charge on any atom is 0.281 e. The zero-order valence-corrected chi connectivity index (χ0v) is 14.1. The summed E-state index contributed by atoms with van der Waals surface area (Å²) in [6.45, 7) is 0. The molecular weight excluding hydrogens is 367 g/mol. The third-order valence-corrected chi connectivity index (χ3v) is 4.12. The van der Waals surface area contributed by atoms with Crippen molar-refractivity contribution in [2.45, 2.75) is 5.22 Å². The van der Waals surface area contributed by atoms with Crippen molar-refractivity contribution in [2.24, 2.45) is 0 Å². The van der Waals surface area contributed by atoms with Crippen LogP contribution in [0.4, 0.5) is 4.39 Å². The molecule has 0 atom stereocenters. The van der Waals surface area contributed by atoms with Crippen molar-refractivity contribution >= 4 is 35.4 Å². The molecule has 0 N–H and O–H groups in total. The Morgan fingerprint density at radius 3 is 2.64 bits per heavy atom. The molecule has 0 saturated heterocycles. The van der Waals surface area contributed by atoms with Gasteiger partial charge in [-0.1, -0.05) is 23.7 Å². The van der Waals surface area contributed by atoms with E-state index in [1.807, 2.05) is 0 Å². The Morgan fingerprint density at radius 2 is 1.96 bits per heavy atom. The van der Waals surface area contributed by atoms with Gasteiger partial charge in [-0.05, 0) is 59.8 Å². The molecule has 0 aliphatic rings. The SMILES string of the molecule is O=C([O-])/C(=C\c1cccc(Cl)c1)Sc1nnc(-c2ccc(F)cc2)o1. The van der Waals surface area contributed by atoms with Crippen LogP contribution in [0.5, 0.6) is 0 Å². The molecular formula is C17H9ClFN2O3S-. The third kappa shape index (κ3) is 4.46. The summed E-state index contributed by atoms with van der Waals surface area (Å²) in [7, 11) is 0. The highest BCUT2D eigenvalue weighted by atomic mass is 35.5. The van der Waals surface area contributed by atoms with Gasteiger partial charge in [0, 0.05) is 15.5 Å². The lowest BCUT2D eigenvalue weighted by molar-refractivity contribution is -0.298. The number of halogens is 2. The molecule has 0 radical (unpaired) electrons. The summed E-state index contributed by atoms with van der Waals surface area (Å²) in [6, 6.07) is 12.2. The van der Waals surface area contributed by atoms with Gasteiger partial charge in [0.25, 0.3) is 5.22 Å². The van der Waals surface area contributed by atoms with Crippen molar-refractivity contribution < 1.29 is 18.7 Å². The lowest BCUT2D eigenvalue weighted by atomic mass is 10.2. The molecule has 0 aliphatic heterocycles. The summed E-state index contributed by atoms with van der Waals surface area (Å²) in [5.74, 6) is -1.61. The van der Waals surface area contributed by atoms with Crippen LogP contribution >= 0.6 is 23.4 Å². The molecule has 0 saturated carbocycles. The minimum Gasteiger partial charge on any atom is -0.544 e. The maximum absolute atomic E-state index is 12.9. The fourth-order valence-corrected chi connectivity index (χ4v) is 2.80. The van der Waals surface area contributed by atoms with Crippen LogP contribution in [0.25, 0.3) is 17.5 Å². The molecule has 25 heavy (non-hydrogen) atoms. The number of carbonyl (C=O) groups is 1. The summed E-state index contributed by atoms with van der Waals surface area (Å²) in [6.07, 6.45) is 1.40. The van der Waals surface area contributed by atoms with E-state index in [-0.39, 0.29) is 21.8 Å². The predicted octanol–water partition coefficient (Wildman–Crippen LogP) is 3.41. The number of aromatic nitrogens is 2. The van der Waals surface area contributed by atoms with E-state index in [0.29, 0.717) is 16.1 Å². The van der Waals surface area contributed by atoms with E-state index in [4.69, 9.17) is 16.0 Å². The van der Waals surface area contributed by atoms with E-state index in [1.165, 1.54) is 30.3 Å². The monoisotopic (exact) mass is 375 g/mol. The predicted molar refractivity (Wildman–Crippen MR) is 90.0 cm³/mol. The minimum atomic E-state index is -1.38. The number of hydrogen-bond donors (Lipinski definition) is 0. The van der Waals surface area contributed by atoms with E-state index in [0.717, 1.165) is 11.8 Å². The van der Waals surface area contributed by atoms with Crippen molar-refractivity contribution in [1.29, 1.82) is 0 Å². The van der Waals surface area contributed by atoms with Crippen LogP contribution < -0.4 is 5.11 Å². The smallest absolute Gasteiger partial charge is 0.281 e. The van der Waals surface area contributed by atoms with Crippen molar-refractivity contribution in [2.75, 3.05) is 0 Å². The van der Waals surface area contributed by atoms with Gasteiger partial charge >= 0.3 is 0 Å². The van der Waals surface area contributed by atoms with Gasteiger partial charge in [-0.25, -0.2) is 4.39 Å². The van der Waals surface area contributed by atoms with E-state index < -0.39 is 5.97 Å². The Balaban J connectivity index is 1.84. The number of carboxylic acid groups (broad SMARTS) is 1. The first-order valence-corrected chi connectivity index (χ1v) is 8.16. The number of benzene rings is 2. The van der Waals surface area contributed by atoms with Crippen LogP contribution in [-0.2, 0) is 4.79 Å². The first-order valence-electron chi connectivity index (χ1n) is 6.97. The van der Waals surface area contributed by atoms with Crippen LogP contribution in [-0.4, -0.2) is 16.2 Å². The molecule has 8 heteroatoms. The highest BCUT2D eigenvalue weighted by Gasteiger charge is 2.12. The first-order chi connectivity index (χ1) is 12.0. The van der Waals surface area contributed by atoms with Crippen molar-refractivity contribution in [3.8, 4) is 11.5 Å². The van der Waals surface area contributed by atoms with Crippen LogP contribution in [0.15, 0.2) is 63.1 Å². The molecule has 0 unspecified atom stereocenters. The quantitative estimate of drug-likeness (QED) is 0.502. The molecule has 2 aromatic carbocycles. The van der Waals surface area contributed by atoms with E-state index in [1.54, 1.807) is 24.3 Å². The molecule has 126 valence electrons. The van der Waals surface area contributed by atoms with Gasteiger partial charge in [0.1, 0.15) is 5.82 Å². The number of thioether (sulfide) groups is 1. The van der Waals surface area contributed by atoms with E-state index in [2.05, 4.69) is 10.2 Å². The summed E-state index contributed by atoms with van der Waals surface area (Å²) >= 11 is 6.64. The molecule has 0 spiro atoms. The number of carboxylic acids is 1. The number of nitrogens with zero attached hydrogens (tertiary/aromatic N) is 2. The minimum absolute atomic E-state index is 0.0248. The maximum atomic E-state index is 12.9. The van der Waals surface area contributed by atoms with E-state index >= 15 is 0 Å². The van der Waals surface area contributed by atoms with Gasteiger partial charge in [-0.2, -0.15) is 0 Å². The molecule has 5 nitrogen and oxygen atoms in total. The average Bonchev–Trinajstić information content (AvgIpc) is 3.03. The van der Waals surface area contributed by atoms with Crippen LogP contribution in [0, 0.1) is 5.82 Å². The highest BCUT2D eigenvalue weighted by Crippen LogP contribution is 2.29. The standard InChI is InChI=1S/C17H10ClFN2O3S/c18-12-3-1-2-10(8-12)9-14(16(22)23)25-17-21-20-15(24-17)11-4-6-13(19)7-5-11/h1-9H,(H,22,23)/p-1/b14-9+. The summed E-state index contributed by atoms with van der Waals surface area (Å²) in [5, 5.41) is 19.5. The molecule has 0 aliphatic carbocycles. The van der Waals surface area contributed by atoms with Crippen molar-refractivity contribution in [1.82, 2.24) is 10.2 Å². The first kappa shape index (κ1) is 17.2. The van der Waals surface area contributed by atoms with E-state index in [9.17, 15) is 14.3 Å². The Hall–Kier alpha value is -2.64. The molecule has 3 aromatic rings. The second-order valence-corrected chi connectivity index (χ2v) is 6.26. The summed E-state index contributed by atoms with van der Waals surface area (Å²) < 4.78 is 18.4. The lowest BCUT2D eigenvalue weighted by Crippen LogP contribution is -2.23. The number of aliphatic carboxylic acids is 1. The van der Waals surface area contributed by atoms with Gasteiger partial charge < -0.3 is 14.3 Å². The molecule has 0 fully saturated rings. The van der Waals surface area contributed by atoms with Crippen molar-refractivity contribution in [3.63, 3.8) is 0 Å². The second kappa shape index (κ2) is 7.50. The Morgan fingerprint density at radius 1 is 1.20 bits per heavy atom. The molecule has 1 aromatic heterocycles. The molecule has 0 bridgehead atoms. The Labute approximate surface area is 151 Å². The Kier molecular flexibility index (Phi) is 5.16. The highest BCUT2D eigenvalue weighted by molar-refractivity contribution is 8.03. The zero-order valence-electron chi connectivity index (χ0n) is 12.5. The van der Waals surface area contributed by atoms with Gasteiger partial charge in [0.2, 0.25) is 5.89 Å². The van der Waals surface area contributed by atoms with Crippen LogP contribution in [0.1, 0.15) is 5.56 Å². The van der Waals surface area contributed by atoms with Crippen LogP contribution in [0.2, 0.25) is 5.02 Å². The zero-order chi connectivity index (χ0) is 17.8. The van der Waals surface area contributed by atoms with Crippen LogP contribution in [0.3, 0.4) is 0 Å². The fraction of sp³-hybridized carbons (Fsp3) is 0. The number of carbonyl (C=O) groups excluding carboxylic acids is 1. The summed E-state index contributed by atoms with van der Waals surface area (Å²) in [4.78, 5) is 11.2. The van der Waals surface area contributed by atoms with Crippen molar-refractivity contribution in [3.05, 3.63) is 69.8 Å². The largest absolute Gasteiger partial charge is 0.544 e. The van der Waals surface area contributed by atoms with Gasteiger partial charge in [-0.3, -0.25) is 0 Å². The molecule has 1 heterocycles. The second-order valence-electron chi connectivity index (χ2n) is 4.83. The topological polar surface area (TPSA) is 79.0 Å². The van der Waals surface area contributed by atoms with Gasteiger partial charge in [0.05, 0.1) is 5.97 Å². The number of hydrogen-bond acceptors (Lipinski definition) is 6. The lowest BCUT2D eigenvalue weighted by Gasteiger charge is -2.05.